The van der Waals surface area contributed by atoms with Gasteiger partial charge in [0.15, 0.2) is 0 Å². The average molecular weight is 558 g/mol. The summed E-state index contributed by atoms with van der Waals surface area (Å²) in [5.41, 5.74) is -2.61. The molecular formula is C33H35NO7. The lowest BCUT2D eigenvalue weighted by atomic mass is 9.92. The van der Waals surface area contributed by atoms with Gasteiger partial charge in [0, 0.05) is 10.8 Å². The van der Waals surface area contributed by atoms with E-state index in [1.165, 1.54) is 4.90 Å². The first-order valence-electron chi connectivity index (χ1n) is 13.9. The van der Waals surface area contributed by atoms with E-state index in [9.17, 15) is 24.6 Å². The summed E-state index contributed by atoms with van der Waals surface area (Å²) in [6.07, 6.45) is -0.178. The monoisotopic (exact) mass is 557 g/mol. The number of ether oxygens (including phenoxy) is 2. The van der Waals surface area contributed by atoms with Gasteiger partial charge in [-0.15, -0.1) is 0 Å². The van der Waals surface area contributed by atoms with Gasteiger partial charge in [0.25, 0.3) is 11.5 Å². The number of unbranched alkanes of at least 4 members (excludes halogenated alkanes) is 2. The molecule has 0 spiro atoms. The van der Waals surface area contributed by atoms with Crippen LogP contribution in [0.3, 0.4) is 0 Å². The number of hydrogen-bond donors (Lipinski definition) is 2. The number of nitrogens with zero attached hydrogens (tertiary/aromatic N) is 1. The largest absolute Gasteiger partial charge is 0.464 e. The minimum atomic E-state index is -3.30. The molecule has 0 aromatic heterocycles. The highest BCUT2D eigenvalue weighted by atomic mass is 16.6. The Labute approximate surface area is 239 Å². The first-order chi connectivity index (χ1) is 19.8. The molecule has 214 valence electrons. The van der Waals surface area contributed by atoms with Gasteiger partial charge in [-0.25, -0.2) is 9.59 Å². The maximum absolute atomic E-state index is 14.6. The highest BCUT2D eigenvalue weighted by Crippen LogP contribution is 2.39. The molecule has 4 aromatic rings. The number of anilines is 2. The predicted octanol–water partition coefficient (Wildman–Crippen LogP) is 5.44. The predicted molar refractivity (Wildman–Crippen MR) is 158 cm³/mol. The van der Waals surface area contributed by atoms with Crippen LogP contribution in [0, 0.1) is 0 Å². The highest BCUT2D eigenvalue weighted by molar-refractivity contribution is 6.22. The van der Waals surface area contributed by atoms with Crippen molar-refractivity contribution in [3.8, 4) is 0 Å². The lowest BCUT2D eigenvalue weighted by Gasteiger charge is -2.34. The van der Waals surface area contributed by atoms with Crippen LogP contribution in [-0.4, -0.2) is 53.0 Å². The van der Waals surface area contributed by atoms with E-state index in [1.807, 2.05) is 74.5 Å². The van der Waals surface area contributed by atoms with Crippen molar-refractivity contribution in [2.45, 2.75) is 51.2 Å². The van der Waals surface area contributed by atoms with Crippen molar-refractivity contribution >= 4 is 50.8 Å². The van der Waals surface area contributed by atoms with Gasteiger partial charge in [-0.2, -0.15) is 0 Å². The van der Waals surface area contributed by atoms with Crippen LogP contribution in [0.15, 0.2) is 84.9 Å². The lowest BCUT2D eigenvalue weighted by Crippen LogP contribution is -2.63. The third kappa shape index (κ3) is 6.09. The smallest absolute Gasteiger partial charge is 0.351 e. The number of amides is 1. The van der Waals surface area contributed by atoms with Crippen molar-refractivity contribution in [3.63, 3.8) is 0 Å². The molecule has 0 saturated carbocycles. The number of carbonyl (C=O) groups excluding carboxylic acids is 3. The Hall–Kier alpha value is -4.27. The van der Waals surface area contributed by atoms with E-state index in [1.54, 1.807) is 24.3 Å². The van der Waals surface area contributed by atoms with Crippen LogP contribution in [-0.2, 0) is 23.9 Å². The molecule has 8 nitrogen and oxygen atoms in total. The van der Waals surface area contributed by atoms with Crippen LogP contribution in [0.4, 0.5) is 11.4 Å². The molecule has 2 N–H and O–H groups in total. The number of fused-ring (bicyclic) bond motifs is 2. The number of hydrogen-bond acceptors (Lipinski definition) is 7. The standard InChI is InChI=1S/C33H35NO7/c1-3-5-21-40-30(36)29(35)33(39,32(38)41-22-6-4-2)31(37)34(27-19-11-15-23-13-7-9-17-25(23)27)28-20-12-16-24-14-8-10-18-26(24)28/h7-20,29,35,39H,3-6,21-22H2,1-2H3/t29-,33+/m0/s1. The van der Waals surface area contributed by atoms with Crippen LogP contribution in [0.25, 0.3) is 21.5 Å². The van der Waals surface area contributed by atoms with Gasteiger partial charge in [0.05, 0.1) is 24.6 Å². The first kappa shape index (κ1) is 29.7. The van der Waals surface area contributed by atoms with Crippen LogP contribution in [0.5, 0.6) is 0 Å². The molecule has 0 bridgehead atoms. The Bertz CT molecular complexity index is 1440. The van der Waals surface area contributed by atoms with E-state index in [0.29, 0.717) is 47.8 Å². The summed E-state index contributed by atoms with van der Waals surface area (Å²) in [5.74, 6) is -3.97. The van der Waals surface area contributed by atoms with Gasteiger partial charge < -0.3 is 19.7 Å². The van der Waals surface area contributed by atoms with E-state index in [0.717, 1.165) is 10.8 Å². The third-order valence-electron chi connectivity index (χ3n) is 6.95. The summed E-state index contributed by atoms with van der Waals surface area (Å²) in [5, 5.41) is 25.9. The molecule has 0 aliphatic rings. The fourth-order valence-corrected chi connectivity index (χ4v) is 4.63. The maximum Gasteiger partial charge on any atom is 0.351 e. The average Bonchev–Trinajstić information content (AvgIpc) is 3.00. The molecule has 8 heteroatoms. The summed E-state index contributed by atoms with van der Waals surface area (Å²) in [6.45, 7) is 3.62. The molecule has 1 amide bonds. The van der Waals surface area contributed by atoms with Gasteiger partial charge in [0.2, 0.25) is 6.10 Å². The number of aliphatic hydroxyl groups is 2. The first-order valence-corrected chi connectivity index (χ1v) is 13.9. The van der Waals surface area contributed by atoms with E-state index < -0.39 is 29.6 Å². The van der Waals surface area contributed by atoms with Crippen molar-refractivity contribution in [1.82, 2.24) is 0 Å². The fraction of sp³-hybridized carbons (Fsp3) is 0.303. The molecule has 0 heterocycles. The number of aliphatic hydroxyl groups excluding tert-OH is 1. The summed E-state index contributed by atoms with van der Waals surface area (Å²) in [6, 6.07) is 25.3. The van der Waals surface area contributed by atoms with Crippen molar-refractivity contribution in [3.05, 3.63) is 84.9 Å². The molecule has 0 unspecified atom stereocenters. The molecule has 2 atom stereocenters. The molecule has 0 aliphatic heterocycles. The Kier molecular flexibility index (Phi) is 9.70. The van der Waals surface area contributed by atoms with Crippen LogP contribution >= 0.6 is 0 Å². The molecule has 0 fully saturated rings. The Balaban J connectivity index is 1.93. The molecule has 41 heavy (non-hydrogen) atoms. The molecule has 4 aromatic carbocycles. The fourth-order valence-electron chi connectivity index (χ4n) is 4.63. The van der Waals surface area contributed by atoms with Crippen molar-refractivity contribution < 1.29 is 34.1 Å². The van der Waals surface area contributed by atoms with Crippen LogP contribution < -0.4 is 4.90 Å². The summed E-state index contributed by atoms with van der Waals surface area (Å²) in [4.78, 5) is 42.2. The SMILES string of the molecule is CCCCOC(=O)[C@H](O)[C@](O)(C(=O)OCCCC)C(=O)N(c1cccc2ccccc12)c1cccc2ccccc12. The van der Waals surface area contributed by atoms with Gasteiger partial charge in [0.1, 0.15) is 0 Å². The van der Waals surface area contributed by atoms with E-state index in [-0.39, 0.29) is 13.2 Å². The van der Waals surface area contributed by atoms with Crippen molar-refractivity contribution in [2.24, 2.45) is 0 Å². The summed E-state index contributed by atoms with van der Waals surface area (Å²) >= 11 is 0. The normalized spacial score (nSPS) is 13.4. The second-order valence-corrected chi connectivity index (χ2v) is 9.82. The Morgan fingerprint density at radius 3 is 1.71 bits per heavy atom. The van der Waals surface area contributed by atoms with Gasteiger partial charge in [-0.1, -0.05) is 99.5 Å². The zero-order chi connectivity index (χ0) is 29.4. The van der Waals surface area contributed by atoms with Crippen molar-refractivity contribution in [2.75, 3.05) is 18.1 Å². The minimum absolute atomic E-state index is 0.0437. The van der Waals surface area contributed by atoms with Crippen molar-refractivity contribution in [1.29, 1.82) is 0 Å². The Morgan fingerprint density at radius 2 is 1.20 bits per heavy atom. The Morgan fingerprint density at radius 1 is 0.732 bits per heavy atom. The second-order valence-electron chi connectivity index (χ2n) is 9.82. The van der Waals surface area contributed by atoms with Crippen LogP contribution in [0.2, 0.25) is 0 Å². The van der Waals surface area contributed by atoms with E-state index >= 15 is 0 Å². The van der Waals surface area contributed by atoms with Gasteiger partial charge in [-0.3, -0.25) is 9.69 Å². The second kappa shape index (κ2) is 13.4. The third-order valence-corrected chi connectivity index (χ3v) is 6.95. The topological polar surface area (TPSA) is 113 Å². The van der Waals surface area contributed by atoms with Crippen LogP contribution in [0.1, 0.15) is 39.5 Å². The summed E-state index contributed by atoms with van der Waals surface area (Å²) < 4.78 is 10.4. The van der Waals surface area contributed by atoms with Gasteiger partial charge in [-0.05, 0) is 35.7 Å². The lowest BCUT2D eigenvalue weighted by molar-refractivity contribution is -0.192. The minimum Gasteiger partial charge on any atom is -0.464 e. The quantitative estimate of drug-likeness (QED) is 0.136. The van der Waals surface area contributed by atoms with E-state index in [2.05, 4.69) is 0 Å². The number of carbonyl (C=O) groups is 3. The van der Waals surface area contributed by atoms with E-state index in [4.69, 9.17) is 9.47 Å². The molecule has 0 aliphatic carbocycles. The maximum atomic E-state index is 14.6. The molecule has 0 radical (unpaired) electrons. The number of esters is 2. The molecular weight excluding hydrogens is 522 g/mol. The number of rotatable bonds is 12. The zero-order valence-corrected chi connectivity index (χ0v) is 23.3. The molecule has 4 rings (SSSR count). The zero-order valence-electron chi connectivity index (χ0n) is 23.3. The molecule has 0 saturated heterocycles. The number of benzene rings is 4. The highest BCUT2D eigenvalue weighted by Gasteiger charge is 2.58. The van der Waals surface area contributed by atoms with Gasteiger partial charge >= 0.3 is 11.9 Å². The summed E-state index contributed by atoms with van der Waals surface area (Å²) in [7, 11) is 0.